The molecular formula is C15H17BrN4O2. The van der Waals surface area contributed by atoms with Gasteiger partial charge in [-0.2, -0.15) is 0 Å². The standard InChI is InChI=1S/C15H17BrN4O2/c1-22-13-4-3-12(16)9-11(13)10-20-14(21)5-8-19-15-17-6-2-7-18-15/h2-4,6-7,9H,5,8,10H2,1H3,(H,20,21)(H,17,18,19). The van der Waals surface area contributed by atoms with Crippen molar-refractivity contribution in [2.24, 2.45) is 0 Å². The topological polar surface area (TPSA) is 76.1 Å². The van der Waals surface area contributed by atoms with E-state index in [1.165, 1.54) is 0 Å². The van der Waals surface area contributed by atoms with Gasteiger partial charge in [-0.15, -0.1) is 0 Å². The number of aromatic nitrogens is 2. The van der Waals surface area contributed by atoms with Gasteiger partial charge < -0.3 is 15.4 Å². The van der Waals surface area contributed by atoms with Gasteiger partial charge in [-0.25, -0.2) is 9.97 Å². The molecule has 0 unspecified atom stereocenters. The molecule has 0 fully saturated rings. The van der Waals surface area contributed by atoms with E-state index in [1.807, 2.05) is 18.2 Å². The third-order valence-electron chi connectivity index (χ3n) is 2.92. The van der Waals surface area contributed by atoms with Crippen molar-refractivity contribution in [1.29, 1.82) is 0 Å². The number of carbonyl (C=O) groups excluding carboxylic acids is 1. The average molecular weight is 365 g/mol. The van der Waals surface area contributed by atoms with Gasteiger partial charge in [0.15, 0.2) is 0 Å². The summed E-state index contributed by atoms with van der Waals surface area (Å²) in [6, 6.07) is 7.42. The molecule has 0 radical (unpaired) electrons. The van der Waals surface area contributed by atoms with E-state index < -0.39 is 0 Å². The van der Waals surface area contributed by atoms with Crippen LogP contribution in [0.5, 0.6) is 5.75 Å². The van der Waals surface area contributed by atoms with Crippen LogP contribution in [0.2, 0.25) is 0 Å². The fourth-order valence-electron chi connectivity index (χ4n) is 1.85. The van der Waals surface area contributed by atoms with Gasteiger partial charge in [0.05, 0.1) is 7.11 Å². The zero-order chi connectivity index (χ0) is 15.8. The molecule has 0 atom stereocenters. The fourth-order valence-corrected chi connectivity index (χ4v) is 2.25. The van der Waals surface area contributed by atoms with Gasteiger partial charge in [0, 0.05) is 41.9 Å². The Morgan fingerprint density at radius 3 is 2.82 bits per heavy atom. The summed E-state index contributed by atoms with van der Waals surface area (Å²) in [5, 5.41) is 5.86. The Morgan fingerprint density at radius 1 is 1.32 bits per heavy atom. The molecule has 7 heteroatoms. The largest absolute Gasteiger partial charge is 0.496 e. The zero-order valence-electron chi connectivity index (χ0n) is 12.2. The highest BCUT2D eigenvalue weighted by Gasteiger charge is 2.06. The molecule has 22 heavy (non-hydrogen) atoms. The van der Waals surface area contributed by atoms with Crippen molar-refractivity contribution in [3.05, 3.63) is 46.7 Å². The van der Waals surface area contributed by atoms with E-state index >= 15 is 0 Å². The normalized spacial score (nSPS) is 10.1. The van der Waals surface area contributed by atoms with E-state index in [2.05, 4.69) is 36.5 Å². The number of methoxy groups -OCH3 is 1. The van der Waals surface area contributed by atoms with Crippen LogP contribution in [0.15, 0.2) is 41.1 Å². The maximum atomic E-state index is 11.8. The molecule has 2 rings (SSSR count). The molecule has 1 amide bonds. The van der Waals surface area contributed by atoms with Gasteiger partial charge >= 0.3 is 0 Å². The van der Waals surface area contributed by atoms with Gasteiger partial charge in [-0.05, 0) is 24.3 Å². The molecule has 0 bridgehead atoms. The second-order valence-corrected chi connectivity index (χ2v) is 5.40. The summed E-state index contributed by atoms with van der Waals surface area (Å²) in [5.41, 5.74) is 0.921. The van der Waals surface area contributed by atoms with Gasteiger partial charge in [-0.3, -0.25) is 4.79 Å². The molecule has 0 aliphatic carbocycles. The van der Waals surface area contributed by atoms with E-state index in [0.29, 0.717) is 25.5 Å². The van der Waals surface area contributed by atoms with Crippen LogP contribution in [0.1, 0.15) is 12.0 Å². The maximum Gasteiger partial charge on any atom is 0.222 e. The lowest BCUT2D eigenvalue weighted by Crippen LogP contribution is -2.25. The maximum absolute atomic E-state index is 11.8. The van der Waals surface area contributed by atoms with Crippen molar-refractivity contribution in [2.45, 2.75) is 13.0 Å². The number of rotatable bonds is 7. The number of amides is 1. The molecule has 1 aromatic heterocycles. The van der Waals surface area contributed by atoms with Crippen molar-refractivity contribution in [3.63, 3.8) is 0 Å². The first-order valence-corrected chi connectivity index (χ1v) is 7.58. The molecule has 0 saturated carbocycles. The van der Waals surface area contributed by atoms with Gasteiger partial charge in [0.2, 0.25) is 11.9 Å². The summed E-state index contributed by atoms with van der Waals surface area (Å²) in [5.74, 6) is 1.22. The lowest BCUT2D eigenvalue weighted by atomic mass is 10.2. The number of nitrogens with one attached hydrogen (secondary N) is 2. The smallest absolute Gasteiger partial charge is 0.222 e. The van der Waals surface area contributed by atoms with E-state index in [1.54, 1.807) is 25.6 Å². The van der Waals surface area contributed by atoms with Crippen molar-refractivity contribution in [2.75, 3.05) is 19.0 Å². The zero-order valence-corrected chi connectivity index (χ0v) is 13.8. The molecule has 116 valence electrons. The lowest BCUT2D eigenvalue weighted by molar-refractivity contribution is -0.121. The monoisotopic (exact) mass is 364 g/mol. The molecule has 1 aromatic carbocycles. The van der Waals surface area contributed by atoms with Gasteiger partial charge in [-0.1, -0.05) is 15.9 Å². The molecule has 0 aliphatic heterocycles. The Kier molecular flexibility index (Phi) is 6.14. The Bertz CT molecular complexity index is 622. The second kappa shape index (κ2) is 8.33. The third-order valence-corrected chi connectivity index (χ3v) is 3.41. The first kappa shape index (κ1) is 16.2. The minimum Gasteiger partial charge on any atom is -0.496 e. The van der Waals surface area contributed by atoms with Gasteiger partial charge in [0.25, 0.3) is 0 Å². The van der Waals surface area contributed by atoms with Crippen LogP contribution in [0.25, 0.3) is 0 Å². The first-order valence-electron chi connectivity index (χ1n) is 6.79. The fraction of sp³-hybridized carbons (Fsp3) is 0.267. The Labute approximate surface area is 137 Å². The van der Waals surface area contributed by atoms with E-state index in [-0.39, 0.29) is 5.91 Å². The van der Waals surface area contributed by atoms with E-state index in [4.69, 9.17) is 4.74 Å². The molecule has 0 aliphatic rings. The number of nitrogens with zero attached hydrogens (tertiary/aromatic N) is 2. The summed E-state index contributed by atoms with van der Waals surface area (Å²) < 4.78 is 6.22. The molecule has 6 nitrogen and oxygen atoms in total. The summed E-state index contributed by atoms with van der Waals surface area (Å²) in [6.07, 6.45) is 3.64. The van der Waals surface area contributed by atoms with Crippen LogP contribution < -0.4 is 15.4 Å². The van der Waals surface area contributed by atoms with Crippen LogP contribution >= 0.6 is 15.9 Å². The number of halogens is 1. The predicted molar refractivity (Wildman–Crippen MR) is 87.7 cm³/mol. The first-order chi connectivity index (χ1) is 10.7. The molecule has 1 heterocycles. The Balaban J connectivity index is 1.77. The molecule has 2 aromatic rings. The molecule has 0 saturated heterocycles. The minimum atomic E-state index is -0.0505. The summed E-state index contributed by atoms with van der Waals surface area (Å²) in [6.45, 7) is 0.898. The molecule has 0 spiro atoms. The highest BCUT2D eigenvalue weighted by Crippen LogP contribution is 2.22. The number of carbonyl (C=O) groups is 1. The summed E-state index contributed by atoms with van der Waals surface area (Å²) in [7, 11) is 1.61. The number of anilines is 1. The van der Waals surface area contributed by atoms with E-state index in [9.17, 15) is 4.79 Å². The summed E-state index contributed by atoms with van der Waals surface area (Å²) in [4.78, 5) is 19.9. The second-order valence-electron chi connectivity index (χ2n) is 4.48. The quantitative estimate of drug-likeness (QED) is 0.788. The summed E-state index contributed by atoms with van der Waals surface area (Å²) >= 11 is 3.41. The highest BCUT2D eigenvalue weighted by atomic mass is 79.9. The Hall–Kier alpha value is -2.15. The van der Waals surface area contributed by atoms with Crippen LogP contribution in [0.4, 0.5) is 5.95 Å². The van der Waals surface area contributed by atoms with Crippen molar-refractivity contribution in [3.8, 4) is 5.75 Å². The van der Waals surface area contributed by atoms with E-state index in [0.717, 1.165) is 15.8 Å². The third kappa shape index (κ3) is 5.00. The molecular weight excluding hydrogens is 348 g/mol. The van der Waals surface area contributed by atoms with Gasteiger partial charge in [0.1, 0.15) is 5.75 Å². The number of ether oxygens (including phenoxy) is 1. The van der Waals surface area contributed by atoms with Crippen molar-refractivity contribution >= 4 is 27.8 Å². The number of benzene rings is 1. The predicted octanol–water partition coefficient (Wildman–Crippen LogP) is 2.37. The Morgan fingerprint density at radius 2 is 2.09 bits per heavy atom. The van der Waals surface area contributed by atoms with Crippen LogP contribution in [0, 0.1) is 0 Å². The van der Waals surface area contributed by atoms with Crippen molar-refractivity contribution < 1.29 is 9.53 Å². The number of hydrogen-bond donors (Lipinski definition) is 2. The minimum absolute atomic E-state index is 0.0505. The van der Waals surface area contributed by atoms with Crippen molar-refractivity contribution in [1.82, 2.24) is 15.3 Å². The number of hydrogen-bond acceptors (Lipinski definition) is 5. The molecule has 2 N–H and O–H groups in total. The van der Waals surface area contributed by atoms with Crippen LogP contribution in [0.3, 0.4) is 0 Å². The van der Waals surface area contributed by atoms with Crippen LogP contribution in [-0.2, 0) is 11.3 Å². The lowest BCUT2D eigenvalue weighted by Gasteiger charge is -2.10. The highest BCUT2D eigenvalue weighted by molar-refractivity contribution is 9.10. The van der Waals surface area contributed by atoms with Crippen LogP contribution in [-0.4, -0.2) is 29.5 Å². The SMILES string of the molecule is COc1ccc(Br)cc1CNC(=O)CCNc1ncccn1. The average Bonchev–Trinajstić information content (AvgIpc) is 2.54.